The summed E-state index contributed by atoms with van der Waals surface area (Å²) in [4.78, 5) is 13.1. The Kier molecular flexibility index (Phi) is 4.75. The van der Waals surface area contributed by atoms with Gasteiger partial charge in [0.15, 0.2) is 11.3 Å². The first kappa shape index (κ1) is 19.5. The van der Waals surface area contributed by atoms with Crippen molar-refractivity contribution in [3.63, 3.8) is 0 Å². The first-order chi connectivity index (χ1) is 16.3. The number of benzene rings is 2. The van der Waals surface area contributed by atoms with Gasteiger partial charge < -0.3 is 10.1 Å². The predicted octanol–water partition coefficient (Wildman–Crippen LogP) is 3.03. The molecule has 0 fully saturated rings. The summed E-state index contributed by atoms with van der Waals surface area (Å²) in [6.45, 7) is 1.74. The normalized spacial score (nSPS) is 12.7. The molecule has 0 unspecified atom stereocenters. The number of hydrogen-bond donors (Lipinski definition) is 1. The van der Waals surface area contributed by atoms with Crippen LogP contribution in [0, 0.1) is 0 Å². The number of carbonyl (C=O) groups is 1. The topological polar surface area (TPSA) is 86.3 Å². The van der Waals surface area contributed by atoms with Gasteiger partial charge in [-0.1, -0.05) is 36.4 Å². The fourth-order valence-corrected chi connectivity index (χ4v) is 4.45. The van der Waals surface area contributed by atoms with E-state index in [-0.39, 0.29) is 5.91 Å². The molecule has 0 atom stereocenters. The molecule has 164 valence electrons. The summed E-state index contributed by atoms with van der Waals surface area (Å²) in [5.41, 5.74) is 4.55. The molecule has 8 heteroatoms. The average molecular weight is 438 g/mol. The molecule has 8 nitrogen and oxygen atoms in total. The second-order valence-electron chi connectivity index (χ2n) is 8.07. The molecule has 1 aliphatic rings. The molecule has 0 spiro atoms. The van der Waals surface area contributed by atoms with Gasteiger partial charge in [0.05, 0.1) is 18.7 Å². The minimum absolute atomic E-state index is 0.194. The van der Waals surface area contributed by atoms with Crippen LogP contribution in [0.5, 0.6) is 5.75 Å². The third-order valence-corrected chi connectivity index (χ3v) is 6.05. The Hall–Kier alpha value is -4.20. The van der Waals surface area contributed by atoms with Crippen LogP contribution >= 0.6 is 0 Å². The Morgan fingerprint density at radius 2 is 1.94 bits per heavy atom. The number of fused-ring (bicyclic) bond motifs is 3. The molecule has 3 aromatic heterocycles. The maximum atomic E-state index is 13.1. The largest absolute Gasteiger partial charge is 0.493 e. The first-order valence-electron chi connectivity index (χ1n) is 11.0. The van der Waals surface area contributed by atoms with Crippen LogP contribution in [0.3, 0.4) is 0 Å². The monoisotopic (exact) mass is 438 g/mol. The highest BCUT2D eigenvalue weighted by molar-refractivity contribution is 6.04. The predicted molar refractivity (Wildman–Crippen MR) is 124 cm³/mol. The molecular formula is C25H22N6O2. The summed E-state index contributed by atoms with van der Waals surface area (Å²) in [5, 5.41) is 16.9. The van der Waals surface area contributed by atoms with Crippen LogP contribution in [0.15, 0.2) is 66.9 Å². The van der Waals surface area contributed by atoms with Crippen molar-refractivity contribution in [2.24, 2.45) is 0 Å². The van der Waals surface area contributed by atoms with E-state index in [0.29, 0.717) is 31.8 Å². The van der Waals surface area contributed by atoms with Crippen LogP contribution in [0.4, 0.5) is 0 Å². The number of para-hydroxylation sites is 1. The molecule has 0 radical (unpaired) electrons. The molecule has 4 heterocycles. The fourth-order valence-electron chi connectivity index (χ4n) is 4.45. The van der Waals surface area contributed by atoms with Crippen LogP contribution in [-0.4, -0.2) is 43.4 Å². The molecule has 5 aromatic rings. The van der Waals surface area contributed by atoms with E-state index in [1.54, 1.807) is 0 Å². The summed E-state index contributed by atoms with van der Waals surface area (Å²) in [5.74, 6) is 1.56. The van der Waals surface area contributed by atoms with E-state index in [4.69, 9.17) is 9.84 Å². The zero-order valence-electron chi connectivity index (χ0n) is 17.9. The number of hydrogen-bond acceptors (Lipinski definition) is 5. The number of amides is 1. The van der Waals surface area contributed by atoms with Crippen LogP contribution in [0.25, 0.3) is 16.6 Å². The fraction of sp³-hybridized carbons (Fsp3) is 0.200. The van der Waals surface area contributed by atoms with Crippen molar-refractivity contribution in [2.75, 3.05) is 13.2 Å². The number of aromatic nitrogens is 5. The molecule has 2 aromatic carbocycles. The molecule has 1 aliphatic heterocycles. The standard InChI is InChI=1S/C25H22N6O2/c32-25(26-13-11-23-28-27-22-10-3-4-14-30(22)23)24-19-7-1-2-8-20(19)31(29-24)16-17-6-5-9-21-18(17)12-15-33-21/h1-10,14H,11-13,15-16H2,(H,26,32). The Morgan fingerprint density at radius 3 is 2.91 bits per heavy atom. The van der Waals surface area contributed by atoms with Gasteiger partial charge in [0.25, 0.3) is 5.91 Å². The second-order valence-corrected chi connectivity index (χ2v) is 8.07. The molecule has 6 rings (SSSR count). The quantitative estimate of drug-likeness (QED) is 0.440. The van der Waals surface area contributed by atoms with Gasteiger partial charge in [-0.3, -0.25) is 13.9 Å². The number of ether oxygens (including phenoxy) is 1. The summed E-state index contributed by atoms with van der Waals surface area (Å²) < 4.78 is 9.54. The van der Waals surface area contributed by atoms with Crippen molar-refractivity contribution in [3.05, 3.63) is 89.5 Å². The number of nitrogens with one attached hydrogen (secondary N) is 1. The van der Waals surface area contributed by atoms with Gasteiger partial charge in [-0.15, -0.1) is 10.2 Å². The van der Waals surface area contributed by atoms with E-state index < -0.39 is 0 Å². The van der Waals surface area contributed by atoms with Crippen molar-refractivity contribution >= 4 is 22.5 Å². The maximum Gasteiger partial charge on any atom is 0.272 e. The molecular weight excluding hydrogens is 416 g/mol. The molecule has 0 aliphatic carbocycles. The minimum atomic E-state index is -0.194. The van der Waals surface area contributed by atoms with Gasteiger partial charge in [-0.25, -0.2) is 0 Å². The van der Waals surface area contributed by atoms with E-state index in [1.807, 2.05) is 69.9 Å². The summed E-state index contributed by atoms with van der Waals surface area (Å²) in [6, 6.07) is 19.7. The van der Waals surface area contributed by atoms with Crippen molar-refractivity contribution in [3.8, 4) is 5.75 Å². The van der Waals surface area contributed by atoms with Crippen molar-refractivity contribution in [1.82, 2.24) is 29.7 Å². The average Bonchev–Trinajstić information content (AvgIpc) is 3.57. The zero-order valence-corrected chi connectivity index (χ0v) is 17.9. The van der Waals surface area contributed by atoms with Crippen LogP contribution < -0.4 is 10.1 Å². The molecule has 1 amide bonds. The van der Waals surface area contributed by atoms with E-state index in [9.17, 15) is 4.79 Å². The SMILES string of the molecule is O=C(NCCc1nnc2ccccn12)c1nn(Cc2cccc3c2CCO3)c2ccccc12. The highest BCUT2D eigenvalue weighted by Gasteiger charge is 2.20. The lowest BCUT2D eigenvalue weighted by Crippen LogP contribution is -2.27. The number of carbonyl (C=O) groups excluding carboxylic acids is 1. The molecule has 0 bridgehead atoms. The van der Waals surface area contributed by atoms with Gasteiger partial charge >= 0.3 is 0 Å². The Morgan fingerprint density at radius 1 is 1.03 bits per heavy atom. The molecule has 1 N–H and O–H groups in total. The lowest BCUT2D eigenvalue weighted by Gasteiger charge is -2.08. The number of rotatable bonds is 6. The summed E-state index contributed by atoms with van der Waals surface area (Å²) in [6.07, 6.45) is 3.40. The third-order valence-electron chi connectivity index (χ3n) is 6.05. The molecule has 0 saturated heterocycles. The highest BCUT2D eigenvalue weighted by Crippen LogP contribution is 2.29. The van der Waals surface area contributed by atoms with Gasteiger partial charge in [0, 0.05) is 36.5 Å². The Labute approximate surface area is 189 Å². The zero-order chi connectivity index (χ0) is 22.2. The summed E-state index contributed by atoms with van der Waals surface area (Å²) in [7, 11) is 0. The first-order valence-corrected chi connectivity index (χ1v) is 11.0. The molecule has 33 heavy (non-hydrogen) atoms. The van der Waals surface area contributed by atoms with Crippen molar-refractivity contribution in [2.45, 2.75) is 19.4 Å². The number of nitrogens with zero attached hydrogens (tertiary/aromatic N) is 5. The minimum Gasteiger partial charge on any atom is -0.493 e. The third kappa shape index (κ3) is 3.49. The lowest BCUT2D eigenvalue weighted by molar-refractivity contribution is 0.0949. The van der Waals surface area contributed by atoms with E-state index in [0.717, 1.165) is 34.5 Å². The highest BCUT2D eigenvalue weighted by atomic mass is 16.5. The van der Waals surface area contributed by atoms with E-state index in [2.05, 4.69) is 21.6 Å². The van der Waals surface area contributed by atoms with E-state index in [1.165, 1.54) is 11.1 Å². The van der Waals surface area contributed by atoms with Gasteiger partial charge in [0.1, 0.15) is 11.6 Å². The number of pyridine rings is 1. The van der Waals surface area contributed by atoms with Crippen LogP contribution in [0.2, 0.25) is 0 Å². The van der Waals surface area contributed by atoms with Crippen molar-refractivity contribution < 1.29 is 9.53 Å². The van der Waals surface area contributed by atoms with Crippen molar-refractivity contribution in [1.29, 1.82) is 0 Å². The maximum absolute atomic E-state index is 13.1. The Bertz CT molecular complexity index is 1490. The van der Waals surface area contributed by atoms with Gasteiger partial charge in [-0.2, -0.15) is 5.10 Å². The van der Waals surface area contributed by atoms with E-state index >= 15 is 0 Å². The Balaban J connectivity index is 1.23. The molecule has 0 saturated carbocycles. The summed E-state index contributed by atoms with van der Waals surface area (Å²) >= 11 is 0. The smallest absolute Gasteiger partial charge is 0.272 e. The second kappa shape index (κ2) is 8.05. The van der Waals surface area contributed by atoms with Gasteiger partial charge in [0.2, 0.25) is 0 Å². The van der Waals surface area contributed by atoms with Crippen LogP contribution in [0.1, 0.15) is 27.4 Å². The van der Waals surface area contributed by atoms with Gasteiger partial charge in [-0.05, 0) is 29.8 Å². The van der Waals surface area contributed by atoms with Crippen LogP contribution in [-0.2, 0) is 19.4 Å². The lowest BCUT2D eigenvalue weighted by atomic mass is 10.1.